The number of nitrogens with zero attached hydrogens (tertiary/aromatic N) is 2. The van der Waals surface area contributed by atoms with Crippen molar-refractivity contribution in [3.8, 4) is 0 Å². The van der Waals surface area contributed by atoms with Crippen LogP contribution in [0.1, 0.15) is 28.6 Å². The summed E-state index contributed by atoms with van der Waals surface area (Å²) >= 11 is 5.91. The Morgan fingerprint density at radius 3 is 2.75 bits per heavy atom. The Bertz CT molecular complexity index is 618. The summed E-state index contributed by atoms with van der Waals surface area (Å²) in [6.07, 6.45) is 0.384. The van der Waals surface area contributed by atoms with E-state index < -0.39 is 0 Å². The highest BCUT2D eigenvalue weighted by Crippen LogP contribution is 2.23. The van der Waals surface area contributed by atoms with E-state index in [9.17, 15) is 4.39 Å². The van der Waals surface area contributed by atoms with Crippen molar-refractivity contribution >= 4 is 11.6 Å². The lowest BCUT2D eigenvalue weighted by Gasteiger charge is -2.18. The smallest absolute Gasteiger partial charge is 0.126 e. The van der Waals surface area contributed by atoms with E-state index in [1.165, 1.54) is 12.1 Å². The molecule has 0 radical (unpaired) electrons. The molecule has 6 heteroatoms. The maximum absolute atomic E-state index is 13.8. The van der Waals surface area contributed by atoms with Crippen molar-refractivity contribution < 1.29 is 4.39 Å². The van der Waals surface area contributed by atoms with E-state index in [0.717, 1.165) is 17.0 Å². The molecule has 3 N–H and O–H groups in total. The van der Waals surface area contributed by atoms with Gasteiger partial charge in [0.25, 0.3) is 0 Å². The van der Waals surface area contributed by atoms with Crippen LogP contribution in [-0.4, -0.2) is 10.2 Å². The number of rotatable bonds is 4. The van der Waals surface area contributed by atoms with Gasteiger partial charge in [0.1, 0.15) is 5.82 Å². The number of benzene rings is 1. The lowest BCUT2D eigenvalue weighted by Crippen LogP contribution is -2.30. The van der Waals surface area contributed by atoms with Gasteiger partial charge in [-0.25, -0.2) is 4.39 Å². The molecule has 1 heterocycles. The maximum Gasteiger partial charge on any atom is 0.126 e. The van der Waals surface area contributed by atoms with Crippen LogP contribution in [0.3, 0.4) is 0 Å². The molecule has 1 aromatic carbocycles. The lowest BCUT2D eigenvalue weighted by atomic mass is 9.98. The van der Waals surface area contributed by atoms with Crippen molar-refractivity contribution in [2.75, 3.05) is 0 Å². The Labute approximate surface area is 122 Å². The molecule has 2 aromatic rings. The minimum Gasteiger partial charge on any atom is -0.271 e. The molecule has 0 aliphatic rings. The average Bonchev–Trinajstić information content (AvgIpc) is 2.42. The molecular formula is C14H16ClFN4. The van der Waals surface area contributed by atoms with E-state index in [1.807, 2.05) is 19.9 Å². The quantitative estimate of drug-likeness (QED) is 0.672. The van der Waals surface area contributed by atoms with Gasteiger partial charge in [-0.05, 0) is 55.7 Å². The first kappa shape index (κ1) is 14.8. The Hall–Kier alpha value is -1.56. The first-order valence-corrected chi connectivity index (χ1v) is 6.60. The summed E-state index contributed by atoms with van der Waals surface area (Å²) in [5.74, 6) is 5.31. The zero-order valence-electron chi connectivity index (χ0n) is 11.3. The van der Waals surface area contributed by atoms with Crippen molar-refractivity contribution in [2.45, 2.75) is 26.3 Å². The third-order valence-corrected chi connectivity index (χ3v) is 3.38. The van der Waals surface area contributed by atoms with Gasteiger partial charge in [0.05, 0.1) is 17.4 Å². The number of aromatic nitrogens is 2. The van der Waals surface area contributed by atoms with Crippen molar-refractivity contribution in [1.29, 1.82) is 0 Å². The number of hydrogen-bond acceptors (Lipinski definition) is 4. The SMILES string of the molecule is Cc1cc(C(Cc2cc(Cl)ccc2F)NN)c(C)nn1. The van der Waals surface area contributed by atoms with Crippen LogP contribution in [-0.2, 0) is 6.42 Å². The second-order valence-electron chi connectivity index (χ2n) is 4.69. The fourth-order valence-electron chi connectivity index (χ4n) is 2.10. The molecule has 0 fully saturated rings. The van der Waals surface area contributed by atoms with Crippen LogP contribution in [0, 0.1) is 19.7 Å². The van der Waals surface area contributed by atoms with Crippen LogP contribution in [0.4, 0.5) is 4.39 Å². The van der Waals surface area contributed by atoms with Gasteiger partial charge < -0.3 is 0 Å². The van der Waals surface area contributed by atoms with Crippen molar-refractivity contribution in [1.82, 2.24) is 15.6 Å². The van der Waals surface area contributed by atoms with Gasteiger partial charge in [-0.1, -0.05) is 11.6 Å². The minimum atomic E-state index is -0.300. The minimum absolute atomic E-state index is 0.253. The van der Waals surface area contributed by atoms with Crippen molar-refractivity contribution in [2.24, 2.45) is 5.84 Å². The fourth-order valence-corrected chi connectivity index (χ4v) is 2.30. The van der Waals surface area contributed by atoms with Gasteiger partial charge >= 0.3 is 0 Å². The highest BCUT2D eigenvalue weighted by molar-refractivity contribution is 6.30. The van der Waals surface area contributed by atoms with Gasteiger partial charge in [0, 0.05) is 5.02 Å². The van der Waals surface area contributed by atoms with Crippen molar-refractivity contribution in [3.05, 3.63) is 57.6 Å². The Morgan fingerprint density at radius 2 is 2.05 bits per heavy atom. The third kappa shape index (κ3) is 3.30. The molecular weight excluding hydrogens is 279 g/mol. The van der Waals surface area contributed by atoms with E-state index in [-0.39, 0.29) is 11.9 Å². The Balaban J connectivity index is 2.33. The molecule has 2 rings (SSSR count). The van der Waals surface area contributed by atoms with Crippen LogP contribution in [0.5, 0.6) is 0 Å². The van der Waals surface area contributed by atoms with E-state index in [4.69, 9.17) is 17.4 Å². The molecule has 1 aromatic heterocycles. The topological polar surface area (TPSA) is 63.8 Å². The Morgan fingerprint density at radius 1 is 1.30 bits per heavy atom. The van der Waals surface area contributed by atoms with Crippen LogP contribution < -0.4 is 11.3 Å². The highest BCUT2D eigenvalue weighted by Gasteiger charge is 2.17. The summed E-state index contributed by atoms with van der Waals surface area (Å²) in [5, 5.41) is 8.54. The molecule has 4 nitrogen and oxygen atoms in total. The summed E-state index contributed by atoms with van der Waals surface area (Å²) in [4.78, 5) is 0. The second kappa shape index (κ2) is 6.26. The molecule has 1 unspecified atom stereocenters. The normalized spacial score (nSPS) is 12.4. The van der Waals surface area contributed by atoms with Gasteiger partial charge in [-0.15, -0.1) is 0 Å². The van der Waals surface area contributed by atoms with Crippen LogP contribution in [0.15, 0.2) is 24.3 Å². The van der Waals surface area contributed by atoms with Crippen molar-refractivity contribution in [3.63, 3.8) is 0 Å². The summed E-state index contributed by atoms with van der Waals surface area (Å²) in [5.41, 5.74) is 5.67. The van der Waals surface area contributed by atoms with Gasteiger partial charge in [-0.2, -0.15) is 10.2 Å². The van der Waals surface area contributed by atoms with Gasteiger partial charge in [-0.3, -0.25) is 11.3 Å². The molecule has 0 amide bonds. The number of hydrogen-bond donors (Lipinski definition) is 2. The van der Waals surface area contributed by atoms with Crippen LogP contribution >= 0.6 is 11.6 Å². The zero-order valence-corrected chi connectivity index (χ0v) is 12.1. The molecule has 0 aliphatic carbocycles. The summed E-state index contributed by atoms with van der Waals surface area (Å²) in [6, 6.07) is 6.13. The Kier molecular flexibility index (Phi) is 4.65. The number of nitrogens with one attached hydrogen (secondary N) is 1. The molecule has 0 aliphatic heterocycles. The first-order chi connectivity index (χ1) is 9.51. The highest BCUT2D eigenvalue weighted by atomic mass is 35.5. The predicted molar refractivity (Wildman–Crippen MR) is 76.7 cm³/mol. The molecule has 20 heavy (non-hydrogen) atoms. The molecule has 0 saturated carbocycles. The first-order valence-electron chi connectivity index (χ1n) is 6.22. The van der Waals surface area contributed by atoms with E-state index in [2.05, 4.69) is 15.6 Å². The fraction of sp³-hybridized carbons (Fsp3) is 0.286. The number of aryl methyl sites for hydroxylation is 2. The number of hydrazine groups is 1. The molecule has 1 atom stereocenters. The van der Waals surface area contributed by atoms with E-state index >= 15 is 0 Å². The monoisotopic (exact) mass is 294 g/mol. The number of nitrogens with two attached hydrogens (primary N) is 1. The standard InChI is InChI=1S/C14H16ClFN4/c1-8-5-12(9(2)20-19-8)14(18-17)7-10-6-11(15)3-4-13(10)16/h3-6,14,18H,7,17H2,1-2H3. The lowest BCUT2D eigenvalue weighted by molar-refractivity contribution is 0.523. The zero-order chi connectivity index (χ0) is 14.7. The molecule has 0 saturated heterocycles. The summed E-state index contributed by atoms with van der Waals surface area (Å²) < 4.78 is 13.8. The third-order valence-electron chi connectivity index (χ3n) is 3.15. The predicted octanol–water partition coefficient (Wildman–Crippen LogP) is 2.63. The van der Waals surface area contributed by atoms with E-state index in [1.54, 1.807) is 6.07 Å². The van der Waals surface area contributed by atoms with Crippen LogP contribution in [0.2, 0.25) is 5.02 Å². The van der Waals surface area contributed by atoms with E-state index in [0.29, 0.717) is 17.0 Å². The summed E-state index contributed by atoms with van der Waals surface area (Å²) in [7, 11) is 0. The summed E-state index contributed by atoms with van der Waals surface area (Å²) in [6.45, 7) is 3.70. The largest absolute Gasteiger partial charge is 0.271 e. The van der Waals surface area contributed by atoms with Gasteiger partial charge in [0.15, 0.2) is 0 Å². The van der Waals surface area contributed by atoms with Gasteiger partial charge in [0.2, 0.25) is 0 Å². The van der Waals surface area contributed by atoms with Crippen LogP contribution in [0.25, 0.3) is 0 Å². The molecule has 0 bridgehead atoms. The second-order valence-corrected chi connectivity index (χ2v) is 5.12. The number of halogens is 2. The molecule has 106 valence electrons. The maximum atomic E-state index is 13.8. The molecule has 0 spiro atoms. The average molecular weight is 295 g/mol.